The van der Waals surface area contributed by atoms with Crippen molar-refractivity contribution in [3.63, 3.8) is 0 Å². The molecule has 1 amide bonds. The zero-order valence-corrected chi connectivity index (χ0v) is 15.5. The van der Waals surface area contributed by atoms with Crippen LogP contribution in [0.1, 0.15) is 57.2 Å². The fraction of sp³-hybridized carbons (Fsp3) is 0.684. The highest BCUT2D eigenvalue weighted by Crippen LogP contribution is 2.27. The molecular weight excluding hydrogens is 330 g/mol. The smallest absolute Gasteiger partial charge is 0.324 e. The predicted octanol–water partition coefficient (Wildman–Crippen LogP) is 2.71. The summed E-state index contributed by atoms with van der Waals surface area (Å²) in [5.74, 6) is 1.57. The van der Waals surface area contributed by atoms with Gasteiger partial charge in [0, 0.05) is 26.6 Å². The third-order valence-electron chi connectivity index (χ3n) is 5.91. The number of nitrogens with zero attached hydrogens (tertiary/aromatic N) is 5. The first kappa shape index (κ1) is 17.2. The van der Waals surface area contributed by atoms with Crippen molar-refractivity contribution >= 4 is 17.2 Å². The van der Waals surface area contributed by atoms with Crippen LogP contribution in [0.2, 0.25) is 0 Å². The van der Waals surface area contributed by atoms with Gasteiger partial charge in [-0.2, -0.15) is 4.57 Å². The summed E-state index contributed by atoms with van der Waals surface area (Å²) in [7, 11) is 1.66. The molecule has 0 aromatic carbocycles. The maximum absolute atomic E-state index is 12.6. The van der Waals surface area contributed by atoms with Crippen molar-refractivity contribution in [3.05, 3.63) is 22.5 Å². The van der Waals surface area contributed by atoms with Crippen molar-refractivity contribution < 1.29 is 4.79 Å². The van der Waals surface area contributed by atoms with E-state index in [2.05, 4.69) is 9.97 Å². The molecule has 0 radical (unpaired) electrons. The summed E-state index contributed by atoms with van der Waals surface area (Å²) in [5.41, 5.74) is 0.711. The quantitative estimate of drug-likeness (QED) is 0.843. The first-order chi connectivity index (χ1) is 12.6. The van der Waals surface area contributed by atoms with E-state index < -0.39 is 0 Å². The van der Waals surface area contributed by atoms with Gasteiger partial charge in [-0.25, -0.2) is 19.6 Å². The molecule has 7 nitrogen and oxygen atoms in total. The monoisotopic (exact) mass is 357 g/mol. The minimum atomic E-state index is -0.342. The van der Waals surface area contributed by atoms with E-state index in [1.54, 1.807) is 18.1 Å². The number of carbonyl (C=O) groups excluding carboxylic acids is 1. The molecule has 2 aliphatic rings. The summed E-state index contributed by atoms with van der Waals surface area (Å²) >= 11 is 0. The second-order valence-electron chi connectivity index (χ2n) is 7.69. The van der Waals surface area contributed by atoms with Gasteiger partial charge >= 0.3 is 11.7 Å². The van der Waals surface area contributed by atoms with Crippen LogP contribution >= 0.6 is 0 Å². The summed E-state index contributed by atoms with van der Waals surface area (Å²) in [6.45, 7) is 1.42. The molecule has 0 N–H and O–H groups in total. The number of amides is 1. The number of hydrogen-bond acceptors (Lipinski definition) is 4. The Labute approximate surface area is 153 Å². The zero-order valence-electron chi connectivity index (χ0n) is 15.5. The predicted molar refractivity (Wildman–Crippen MR) is 99.3 cm³/mol. The molecule has 0 bridgehead atoms. The van der Waals surface area contributed by atoms with Gasteiger partial charge in [0.05, 0.1) is 6.20 Å². The summed E-state index contributed by atoms with van der Waals surface area (Å²) in [5, 5.41) is 0. The van der Waals surface area contributed by atoms with E-state index in [0.29, 0.717) is 24.3 Å². The molecule has 2 fully saturated rings. The Kier molecular flexibility index (Phi) is 4.78. The number of carbonyl (C=O) groups is 1. The van der Waals surface area contributed by atoms with E-state index in [9.17, 15) is 9.59 Å². The van der Waals surface area contributed by atoms with Gasteiger partial charge < -0.3 is 4.90 Å². The molecule has 0 unspecified atom stereocenters. The molecule has 3 heterocycles. The highest BCUT2D eigenvalue weighted by molar-refractivity contribution is 5.87. The van der Waals surface area contributed by atoms with Crippen LogP contribution in [-0.4, -0.2) is 43.1 Å². The molecule has 1 aliphatic carbocycles. The van der Waals surface area contributed by atoms with E-state index in [1.807, 2.05) is 0 Å². The second-order valence-corrected chi connectivity index (χ2v) is 7.69. The number of fused-ring (bicyclic) bond motifs is 1. The number of hydrogen-bond donors (Lipinski definition) is 0. The first-order valence-corrected chi connectivity index (χ1v) is 9.88. The number of imidazole rings is 1. The topological polar surface area (TPSA) is 73.0 Å². The molecule has 0 atom stereocenters. The van der Waals surface area contributed by atoms with E-state index in [0.717, 1.165) is 31.0 Å². The molecular formula is C19H27N5O2. The van der Waals surface area contributed by atoms with E-state index in [1.165, 1.54) is 47.7 Å². The molecule has 26 heavy (non-hydrogen) atoms. The summed E-state index contributed by atoms with van der Waals surface area (Å²) < 4.78 is 2.67. The molecule has 140 valence electrons. The summed E-state index contributed by atoms with van der Waals surface area (Å²) in [4.78, 5) is 35.8. The minimum Gasteiger partial charge on any atom is -0.324 e. The second kappa shape index (κ2) is 7.21. The van der Waals surface area contributed by atoms with Crippen LogP contribution in [0.3, 0.4) is 0 Å². The fourth-order valence-corrected chi connectivity index (χ4v) is 4.11. The normalized spacial score (nSPS) is 18.3. The highest BCUT2D eigenvalue weighted by atomic mass is 16.2. The first-order valence-electron chi connectivity index (χ1n) is 9.88. The van der Waals surface area contributed by atoms with Gasteiger partial charge in [0.15, 0.2) is 5.65 Å². The Bertz CT molecular complexity index is 859. The van der Waals surface area contributed by atoms with Crippen LogP contribution in [0.25, 0.3) is 11.2 Å². The van der Waals surface area contributed by atoms with Crippen LogP contribution in [0.15, 0.2) is 11.0 Å². The Morgan fingerprint density at radius 2 is 1.96 bits per heavy atom. The maximum Gasteiger partial charge on any atom is 0.338 e. The van der Waals surface area contributed by atoms with Gasteiger partial charge in [0.1, 0.15) is 11.3 Å². The van der Waals surface area contributed by atoms with Gasteiger partial charge in [0.25, 0.3) is 0 Å². The lowest BCUT2D eigenvalue weighted by Crippen LogP contribution is -2.47. The molecule has 2 aromatic rings. The van der Waals surface area contributed by atoms with Gasteiger partial charge in [-0.1, -0.05) is 38.5 Å². The van der Waals surface area contributed by atoms with E-state index in [4.69, 9.17) is 0 Å². The van der Waals surface area contributed by atoms with Gasteiger partial charge in [0.2, 0.25) is 0 Å². The van der Waals surface area contributed by atoms with Crippen LogP contribution in [0.4, 0.5) is 4.79 Å². The van der Waals surface area contributed by atoms with Crippen molar-refractivity contribution in [2.24, 2.45) is 13.0 Å². The fourth-order valence-electron chi connectivity index (χ4n) is 4.11. The Morgan fingerprint density at radius 3 is 2.65 bits per heavy atom. The third-order valence-corrected chi connectivity index (χ3v) is 5.91. The van der Waals surface area contributed by atoms with Gasteiger partial charge in [-0.05, 0) is 18.8 Å². The average Bonchev–Trinajstić information content (AvgIpc) is 2.85. The summed E-state index contributed by atoms with van der Waals surface area (Å²) in [6.07, 6.45) is 12.6. The number of aromatic nitrogens is 4. The lowest BCUT2D eigenvalue weighted by atomic mass is 9.86. The Hall–Kier alpha value is -2.18. The van der Waals surface area contributed by atoms with Crippen molar-refractivity contribution in [3.8, 4) is 0 Å². The molecule has 1 saturated heterocycles. The van der Waals surface area contributed by atoms with Crippen molar-refractivity contribution in [1.29, 1.82) is 0 Å². The number of rotatable bonds is 4. The molecule has 1 aliphatic heterocycles. The lowest BCUT2D eigenvalue weighted by molar-refractivity contribution is 0.169. The zero-order chi connectivity index (χ0) is 18.1. The summed E-state index contributed by atoms with van der Waals surface area (Å²) in [6, 6.07) is -0.265. The van der Waals surface area contributed by atoms with Crippen LogP contribution < -0.4 is 5.69 Å². The average molecular weight is 357 g/mol. The van der Waals surface area contributed by atoms with Crippen LogP contribution in [0.5, 0.6) is 0 Å². The Balaban J connectivity index is 1.53. The molecule has 7 heteroatoms. The highest BCUT2D eigenvalue weighted by Gasteiger charge is 2.27. The minimum absolute atomic E-state index is 0.265. The van der Waals surface area contributed by atoms with Crippen molar-refractivity contribution in [1.82, 2.24) is 24.0 Å². The molecule has 2 aromatic heterocycles. The largest absolute Gasteiger partial charge is 0.338 e. The van der Waals surface area contributed by atoms with Gasteiger partial charge in [-0.3, -0.25) is 4.57 Å². The van der Waals surface area contributed by atoms with Crippen molar-refractivity contribution in [2.75, 3.05) is 13.1 Å². The third kappa shape index (κ3) is 3.15. The Morgan fingerprint density at radius 1 is 1.19 bits per heavy atom. The molecule has 4 rings (SSSR count). The van der Waals surface area contributed by atoms with Crippen LogP contribution in [-0.2, 0) is 13.5 Å². The SMILES string of the molecule is Cn1c(=O)n(C(=O)N2CCC2)c2nc(CCCC3CCCCC3)ncc21. The van der Waals surface area contributed by atoms with Crippen LogP contribution in [0, 0.1) is 5.92 Å². The van der Waals surface area contributed by atoms with Crippen molar-refractivity contribution in [2.45, 2.75) is 57.8 Å². The van der Waals surface area contributed by atoms with Gasteiger partial charge in [-0.15, -0.1) is 0 Å². The lowest BCUT2D eigenvalue weighted by Gasteiger charge is -2.30. The van der Waals surface area contributed by atoms with E-state index in [-0.39, 0.29) is 11.7 Å². The molecule has 1 saturated carbocycles. The standard InChI is InChI=1S/C19H27N5O2/c1-22-15-13-20-16(10-5-9-14-7-3-2-4-8-14)21-17(15)24(18(22)25)19(26)23-11-6-12-23/h13-14H,2-12H2,1H3. The number of likely N-dealkylation sites (tertiary alicyclic amines) is 1. The maximum atomic E-state index is 12.6. The number of aryl methyl sites for hydroxylation is 2. The molecule has 0 spiro atoms. The van der Waals surface area contributed by atoms with E-state index >= 15 is 0 Å².